The van der Waals surface area contributed by atoms with Crippen LogP contribution < -0.4 is 11.1 Å². The van der Waals surface area contributed by atoms with E-state index in [1.165, 1.54) is 6.20 Å². The Labute approximate surface area is 119 Å². The van der Waals surface area contributed by atoms with Gasteiger partial charge in [0.25, 0.3) is 5.91 Å². The normalized spacial score (nSPS) is 10.2. The van der Waals surface area contributed by atoms with Gasteiger partial charge in [-0.15, -0.1) is 5.10 Å². The molecule has 0 radical (unpaired) electrons. The molecule has 0 saturated carbocycles. The van der Waals surface area contributed by atoms with Crippen LogP contribution in [-0.4, -0.2) is 16.1 Å². The standard InChI is InChI=1S/C12H10Cl2N4O/c13-8-3-1-7(2-4-8)5-16-10-9(14)6-17-18-11(10)12(15)19/h1-4,6H,5H2,(H2,15,19)(H,16,17). The fraction of sp³-hybridized carbons (Fsp3) is 0.0833. The minimum atomic E-state index is -0.686. The van der Waals surface area contributed by atoms with Crippen molar-refractivity contribution in [3.8, 4) is 0 Å². The number of benzene rings is 1. The van der Waals surface area contributed by atoms with Crippen LogP contribution in [0.1, 0.15) is 16.1 Å². The molecular weight excluding hydrogens is 287 g/mol. The van der Waals surface area contributed by atoms with Gasteiger partial charge >= 0.3 is 0 Å². The molecule has 98 valence electrons. The highest BCUT2D eigenvalue weighted by atomic mass is 35.5. The second-order valence-electron chi connectivity index (χ2n) is 3.76. The number of hydrogen-bond donors (Lipinski definition) is 2. The number of amides is 1. The van der Waals surface area contributed by atoms with Gasteiger partial charge < -0.3 is 11.1 Å². The molecule has 2 aromatic rings. The molecule has 0 aliphatic heterocycles. The predicted molar refractivity (Wildman–Crippen MR) is 74.3 cm³/mol. The lowest BCUT2D eigenvalue weighted by Crippen LogP contribution is -2.17. The largest absolute Gasteiger partial charge is 0.378 e. The molecule has 1 aromatic carbocycles. The van der Waals surface area contributed by atoms with Crippen molar-refractivity contribution < 1.29 is 4.79 Å². The summed E-state index contributed by atoms with van der Waals surface area (Å²) in [5, 5.41) is 11.2. The monoisotopic (exact) mass is 296 g/mol. The van der Waals surface area contributed by atoms with Crippen LogP contribution in [0.4, 0.5) is 5.69 Å². The van der Waals surface area contributed by atoms with Crippen LogP contribution in [0, 0.1) is 0 Å². The van der Waals surface area contributed by atoms with E-state index in [-0.39, 0.29) is 10.7 Å². The fourth-order valence-corrected chi connectivity index (χ4v) is 1.82. The third-order valence-electron chi connectivity index (χ3n) is 2.42. The van der Waals surface area contributed by atoms with Gasteiger partial charge in [-0.3, -0.25) is 4.79 Å². The van der Waals surface area contributed by atoms with Crippen LogP contribution in [0.15, 0.2) is 30.5 Å². The number of nitrogens with zero attached hydrogens (tertiary/aromatic N) is 2. The van der Waals surface area contributed by atoms with Crippen LogP contribution >= 0.6 is 23.2 Å². The number of nitrogens with two attached hydrogens (primary N) is 1. The van der Waals surface area contributed by atoms with E-state index < -0.39 is 5.91 Å². The van der Waals surface area contributed by atoms with Crippen molar-refractivity contribution in [3.05, 3.63) is 51.8 Å². The number of hydrogen-bond acceptors (Lipinski definition) is 4. The Hall–Kier alpha value is -1.85. The number of nitrogens with one attached hydrogen (secondary N) is 1. The lowest BCUT2D eigenvalue weighted by Gasteiger charge is -2.10. The Morgan fingerprint density at radius 1 is 1.26 bits per heavy atom. The van der Waals surface area contributed by atoms with Crippen LogP contribution in [0.5, 0.6) is 0 Å². The van der Waals surface area contributed by atoms with E-state index in [0.29, 0.717) is 17.3 Å². The molecule has 1 aromatic heterocycles. The van der Waals surface area contributed by atoms with Gasteiger partial charge in [-0.2, -0.15) is 5.10 Å². The fourth-order valence-electron chi connectivity index (χ4n) is 1.50. The number of primary amides is 1. The van der Waals surface area contributed by atoms with Crippen LogP contribution in [0.2, 0.25) is 10.0 Å². The third kappa shape index (κ3) is 3.33. The number of halogens is 2. The van der Waals surface area contributed by atoms with Crippen molar-refractivity contribution >= 4 is 34.8 Å². The second-order valence-corrected chi connectivity index (χ2v) is 4.60. The van der Waals surface area contributed by atoms with E-state index in [4.69, 9.17) is 28.9 Å². The number of carbonyl (C=O) groups excluding carboxylic acids is 1. The summed E-state index contributed by atoms with van der Waals surface area (Å²) in [4.78, 5) is 11.2. The molecule has 0 atom stereocenters. The summed E-state index contributed by atoms with van der Waals surface area (Å²) in [5.74, 6) is -0.686. The van der Waals surface area contributed by atoms with Gasteiger partial charge in [0, 0.05) is 11.6 Å². The SMILES string of the molecule is NC(=O)c1nncc(Cl)c1NCc1ccc(Cl)cc1. The molecule has 1 amide bonds. The Balaban J connectivity index is 2.19. The van der Waals surface area contributed by atoms with Crippen molar-refractivity contribution in [2.75, 3.05) is 5.32 Å². The molecule has 19 heavy (non-hydrogen) atoms. The topological polar surface area (TPSA) is 80.9 Å². The van der Waals surface area contributed by atoms with Crippen LogP contribution in [0.25, 0.3) is 0 Å². The molecule has 0 spiro atoms. The second kappa shape index (κ2) is 5.86. The summed E-state index contributed by atoms with van der Waals surface area (Å²) >= 11 is 11.8. The number of anilines is 1. The first-order valence-electron chi connectivity index (χ1n) is 5.37. The van der Waals surface area contributed by atoms with Crippen molar-refractivity contribution in [1.29, 1.82) is 0 Å². The van der Waals surface area contributed by atoms with Gasteiger partial charge in [0.15, 0.2) is 5.69 Å². The maximum absolute atomic E-state index is 11.2. The summed E-state index contributed by atoms with van der Waals surface area (Å²) < 4.78 is 0. The average molecular weight is 297 g/mol. The highest BCUT2D eigenvalue weighted by molar-refractivity contribution is 6.33. The van der Waals surface area contributed by atoms with Gasteiger partial charge in [0.05, 0.1) is 16.9 Å². The number of rotatable bonds is 4. The van der Waals surface area contributed by atoms with Gasteiger partial charge in [-0.25, -0.2) is 0 Å². The maximum atomic E-state index is 11.2. The van der Waals surface area contributed by atoms with E-state index in [1.807, 2.05) is 12.1 Å². The first kappa shape index (κ1) is 13.6. The Bertz CT molecular complexity index is 601. The average Bonchev–Trinajstić information content (AvgIpc) is 2.39. The Morgan fingerprint density at radius 2 is 1.95 bits per heavy atom. The van der Waals surface area contributed by atoms with Crippen LogP contribution in [-0.2, 0) is 6.54 Å². The summed E-state index contributed by atoms with van der Waals surface area (Å²) in [7, 11) is 0. The molecule has 0 fully saturated rings. The molecule has 0 unspecified atom stereocenters. The van der Waals surface area contributed by atoms with E-state index in [1.54, 1.807) is 12.1 Å². The predicted octanol–water partition coefficient (Wildman–Crippen LogP) is 2.49. The zero-order valence-corrected chi connectivity index (χ0v) is 11.2. The summed E-state index contributed by atoms with van der Waals surface area (Å²) in [5.41, 5.74) is 6.58. The zero-order valence-electron chi connectivity index (χ0n) is 9.73. The molecule has 1 heterocycles. The van der Waals surface area contributed by atoms with Crippen molar-refractivity contribution in [2.45, 2.75) is 6.54 Å². The lowest BCUT2D eigenvalue weighted by molar-refractivity contribution is 0.0995. The van der Waals surface area contributed by atoms with E-state index in [2.05, 4.69) is 15.5 Å². The van der Waals surface area contributed by atoms with Crippen molar-refractivity contribution in [2.24, 2.45) is 5.73 Å². The van der Waals surface area contributed by atoms with Crippen molar-refractivity contribution in [1.82, 2.24) is 10.2 Å². The van der Waals surface area contributed by atoms with Gasteiger partial charge in [-0.1, -0.05) is 35.3 Å². The highest BCUT2D eigenvalue weighted by Gasteiger charge is 2.14. The molecule has 2 rings (SSSR count). The summed E-state index contributed by atoms with van der Waals surface area (Å²) in [6.07, 6.45) is 1.35. The Morgan fingerprint density at radius 3 is 2.58 bits per heavy atom. The molecule has 7 heteroatoms. The van der Waals surface area contributed by atoms with Gasteiger partial charge in [0.1, 0.15) is 0 Å². The minimum absolute atomic E-state index is 0.0152. The highest BCUT2D eigenvalue weighted by Crippen LogP contribution is 2.23. The van der Waals surface area contributed by atoms with Crippen LogP contribution in [0.3, 0.4) is 0 Å². The minimum Gasteiger partial charge on any atom is -0.378 e. The Kier molecular flexibility index (Phi) is 4.19. The molecule has 0 aliphatic rings. The first-order chi connectivity index (χ1) is 9.08. The first-order valence-corrected chi connectivity index (χ1v) is 6.13. The van der Waals surface area contributed by atoms with Gasteiger partial charge in [0.2, 0.25) is 0 Å². The molecular formula is C12H10Cl2N4O. The lowest BCUT2D eigenvalue weighted by atomic mass is 10.2. The molecule has 0 aliphatic carbocycles. The maximum Gasteiger partial charge on any atom is 0.271 e. The number of carbonyl (C=O) groups is 1. The number of aromatic nitrogens is 2. The quantitative estimate of drug-likeness (QED) is 0.908. The molecule has 0 saturated heterocycles. The molecule has 3 N–H and O–H groups in total. The van der Waals surface area contributed by atoms with Crippen molar-refractivity contribution in [3.63, 3.8) is 0 Å². The summed E-state index contributed by atoms with van der Waals surface area (Å²) in [6.45, 7) is 0.461. The smallest absolute Gasteiger partial charge is 0.271 e. The van der Waals surface area contributed by atoms with E-state index in [9.17, 15) is 4.79 Å². The third-order valence-corrected chi connectivity index (χ3v) is 2.96. The summed E-state index contributed by atoms with van der Waals surface area (Å²) in [6, 6.07) is 7.28. The zero-order chi connectivity index (χ0) is 13.8. The molecule has 5 nitrogen and oxygen atoms in total. The van der Waals surface area contributed by atoms with E-state index >= 15 is 0 Å². The van der Waals surface area contributed by atoms with Gasteiger partial charge in [-0.05, 0) is 17.7 Å². The van der Waals surface area contributed by atoms with E-state index in [0.717, 1.165) is 5.56 Å². The molecule has 0 bridgehead atoms.